The Morgan fingerprint density at radius 3 is 2.54 bits per heavy atom. The Morgan fingerprint density at radius 1 is 1.38 bits per heavy atom. The molecule has 76 valence electrons. The molecule has 1 fully saturated rings. The lowest BCUT2D eigenvalue weighted by atomic mass is 10.1. The molecule has 0 aromatic carbocycles. The van der Waals surface area contributed by atoms with Gasteiger partial charge < -0.3 is 14.8 Å². The van der Waals surface area contributed by atoms with Crippen LogP contribution in [0.1, 0.15) is 32.6 Å². The average molecular weight is 184 g/mol. The van der Waals surface area contributed by atoms with Crippen LogP contribution in [-0.2, 0) is 4.79 Å². The molecular formula is C10H18NO2-. The van der Waals surface area contributed by atoms with E-state index in [0.29, 0.717) is 0 Å². The van der Waals surface area contributed by atoms with Crippen LogP contribution in [0.4, 0.5) is 0 Å². The van der Waals surface area contributed by atoms with Crippen molar-refractivity contribution in [3.05, 3.63) is 0 Å². The minimum atomic E-state index is -0.919. The molecule has 0 saturated carbocycles. The van der Waals surface area contributed by atoms with E-state index in [0.717, 1.165) is 26.1 Å². The van der Waals surface area contributed by atoms with E-state index < -0.39 is 5.97 Å². The summed E-state index contributed by atoms with van der Waals surface area (Å²) in [6, 6.07) is 0. The third-order valence-electron chi connectivity index (χ3n) is 2.73. The van der Waals surface area contributed by atoms with Gasteiger partial charge in [0.1, 0.15) is 0 Å². The minimum Gasteiger partial charge on any atom is -0.550 e. The summed E-state index contributed by atoms with van der Waals surface area (Å²) in [5.41, 5.74) is 0. The van der Waals surface area contributed by atoms with Crippen LogP contribution in [0, 0.1) is 5.92 Å². The van der Waals surface area contributed by atoms with E-state index in [2.05, 4.69) is 4.90 Å². The molecule has 1 saturated heterocycles. The van der Waals surface area contributed by atoms with Gasteiger partial charge in [-0.2, -0.15) is 0 Å². The number of nitrogens with zero attached hydrogens (tertiary/aromatic N) is 1. The number of hydrogen-bond acceptors (Lipinski definition) is 3. The summed E-state index contributed by atoms with van der Waals surface area (Å²) in [6.07, 6.45) is 4.58. The molecule has 13 heavy (non-hydrogen) atoms. The Balaban J connectivity index is 2.13. The van der Waals surface area contributed by atoms with E-state index in [1.54, 1.807) is 6.92 Å². The van der Waals surface area contributed by atoms with Gasteiger partial charge in [-0.15, -0.1) is 0 Å². The van der Waals surface area contributed by atoms with Crippen LogP contribution in [0.2, 0.25) is 0 Å². The smallest absolute Gasteiger partial charge is 0.0443 e. The first-order chi connectivity index (χ1) is 6.20. The fourth-order valence-corrected chi connectivity index (χ4v) is 1.68. The summed E-state index contributed by atoms with van der Waals surface area (Å²) in [4.78, 5) is 12.8. The molecule has 1 rings (SSSR count). The molecule has 0 bridgehead atoms. The van der Waals surface area contributed by atoms with Gasteiger partial charge in [0.2, 0.25) is 0 Å². The standard InChI is InChI=1S/C10H19NO2/c1-9(10(12)13)5-8-11-6-3-2-4-7-11/h9H,2-8H2,1H3,(H,12,13)/p-1. The fraction of sp³-hybridized carbons (Fsp3) is 0.900. The van der Waals surface area contributed by atoms with Gasteiger partial charge in [0.15, 0.2) is 0 Å². The van der Waals surface area contributed by atoms with Gasteiger partial charge in [-0.1, -0.05) is 13.3 Å². The first-order valence-electron chi connectivity index (χ1n) is 5.13. The van der Waals surface area contributed by atoms with E-state index in [4.69, 9.17) is 0 Å². The van der Waals surface area contributed by atoms with Crippen molar-refractivity contribution in [1.29, 1.82) is 0 Å². The highest BCUT2D eigenvalue weighted by Gasteiger charge is 2.11. The molecule has 1 aliphatic rings. The van der Waals surface area contributed by atoms with Gasteiger partial charge in [0.25, 0.3) is 0 Å². The molecule has 0 aliphatic carbocycles. The quantitative estimate of drug-likeness (QED) is 0.629. The van der Waals surface area contributed by atoms with Crippen molar-refractivity contribution in [2.75, 3.05) is 19.6 Å². The molecule has 1 aliphatic heterocycles. The zero-order chi connectivity index (χ0) is 9.68. The molecule has 1 unspecified atom stereocenters. The number of rotatable bonds is 4. The summed E-state index contributed by atoms with van der Waals surface area (Å²) in [5, 5.41) is 10.4. The number of carbonyl (C=O) groups excluding carboxylic acids is 1. The maximum absolute atomic E-state index is 10.4. The molecule has 0 spiro atoms. The molecule has 0 aromatic heterocycles. The maximum Gasteiger partial charge on any atom is 0.0443 e. The van der Waals surface area contributed by atoms with E-state index >= 15 is 0 Å². The predicted molar refractivity (Wildman–Crippen MR) is 49.1 cm³/mol. The van der Waals surface area contributed by atoms with Crippen molar-refractivity contribution >= 4 is 5.97 Å². The van der Waals surface area contributed by atoms with Crippen LogP contribution < -0.4 is 5.11 Å². The second-order valence-electron chi connectivity index (χ2n) is 3.91. The lowest BCUT2D eigenvalue weighted by molar-refractivity contribution is -0.311. The van der Waals surface area contributed by atoms with Gasteiger partial charge in [-0.3, -0.25) is 0 Å². The molecule has 0 amide bonds. The summed E-state index contributed by atoms with van der Waals surface area (Å²) in [7, 11) is 0. The van der Waals surface area contributed by atoms with E-state index in [1.807, 2.05) is 0 Å². The second kappa shape index (κ2) is 5.22. The van der Waals surface area contributed by atoms with Gasteiger partial charge in [-0.25, -0.2) is 0 Å². The van der Waals surface area contributed by atoms with Crippen molar-refractivity contribution in [3.63, 3.8) is 0 Å². The molecule has 1 heterocycles. The number of likely N-dealkylation sites (tertiary alicyclic amines) is 1. The highest BCUT2D eigenvalue weighted by Crippen LogP contribution is 2.10. The molecular weight excluding hydrogens is 166 g/mol. The number of carboxylic acid groups (broad SMARTS) is 1. The topological polar surface area (TPSA) is 43.4 Å². The summed E-state index contributed by atoms with van der Waals surface area (Å²) in [6.45, 7) is 4.91. The number of carbonyl (C=O) groups is 1. The SMILES string of the molecule is CC(CCN1CCCCC1)C(=O)[O-]. The van der Waals surface area contributed by atoms with Crippen LogP contribution in [0.5, 0.6) is 0 Å². The van der Waals surface area contributed by atoms with Crippen molar-refractivity contribution in [2.45, 2.75) is 32.6 Å². The molecule has 0 N–H and O–H groups in total. The van der Waals surface area contributed by atoms with Crippen LogP contribution in [0.3, 0.4) is 0 Å². The molecule has 0 radical (unpaired) electrons. The Hall–Kier alpha value is -0.570. The first kappa shape index (κ1) is 10.5. The molecule has 0 aromatic rings. The van der Waals surface area contributed by atoms with Crippen molar-refractivity contribution in [3.8, 4) is 0 Å². The number of hydrogen-bond donors (Lipinski definition) is 0. The fourth-order valence-electron chi connectivity index (χ4n) is 1.68. The third kappa shape index (κ3) is 3.77. The van der Waals surface area contributed by atoms with Crippen LogP contribution >= 0.6 is 0 Å². The van der Waals surface area contributed by atoms with E-state index in [9.17, 15) is 9.90 Å². The lowest BCUT2D eigenvalue weighted by Crippen LogP contribution is -2.35. The maximum atomic E-state index is 10.4. The van der Waals surface area contributed by atoms with Gasteiger partial charge in [0, 0.05) is 5.97 Å². The second-order valence-corrected chi connectivity index (χ2v) is 3.91. The summed E-state index contributed by atoms with van der Waals surface area (Å²) in [5.74, 6) is -1.22. The number of aliphatic carboxylic acids is 1. The highest BCUT2D eigenvalue weighted by atomic mass is 16.4. The molecule has 3 heteroatoms. The van der Waals surface area contributed by atoms with E-state index in [-0.39, 0.29) is 5.92 Å². The Kier molecular flexibility index (Phi) is 4.22. The Morgan fingerprint density at radius 2 is 2.00 bits per heavy atom. The zero-order valence-electron chi connectivity index (χ0n) is 8.29. The lowest BCUT2D eigenvalue weighted by Gasteiger charge is -2.27. The average Bonchev–Trinajstić information content (AvgIpc) is 2.15. The summed E-state index contributed by atoms with van der Waals surface area (Å²) >= 11 is 0. The van der Waals surface area contributed by atoms with Gasteiger partial charge in [-0.05, 0) is 44.8 Å². The third-order valence-corrected chi connectivity index (χ3v) is 2.73. The predicted octanol–water partition coefficient (Wildman–Crippen LogP) is 0.248. The summed E-state index contributed by atoms with van der Waals surface area (Å²) < 4.78 is 0. The van der Waals surface area contributed by atoms with Crippen molar-refractivity contribution in [1.82, 2.24) is 4.90 Å². The minimum absolute atomic E-state index is 0.304. The number of piperidine rings is 1. The Labute approximate surface area is 79.7 Å². The van der Waals surface area contributed by atoms with Crippen LogP contribution in [0.25, 0.3) is 0 Å². The first-order valence-corrected chi connectivity index (χ1v) is 5.13. The van der Waals surface area contributed by atoms with Gasteiger partial charge >= 0.3 is 0 Å². The largest absolute Gasteiger partial charge is 0.550 e. The highest BCUT2D eigenvalue weighted by molar-refractivity contribution is 5.66. The normalized spacial score (nSPS) is 21.3. The van der Waals surface area contributed by atoms with Gasteiger partial charge in [0.05, 0.1) is 0 Å². The van der Waals surface area contributed by atoms with Crippen LogP contribution in [0.15, 0.2) is 0 Å². The van der Waals surface area contributed by atoms with Crippen LogP contribution in [-0.4, -0.2) is 30.5 Å². The van der Waals surface area contributed by atoms with Crippen molar-refractivity contribution in [2.24, 2.45) is 5.92 Å². The van der Waals surface area contributed by atoms with Crippen molar-refractivity contribution < 1.29 is 9.90 Å². The Bertz CT molecular complexity index is 164. The molecule has 1 atom stereocenters. The zero-order valence-corrected chi connectivity index (χ0v) is 8.29. The molecule has 3 nitrogen and oxygen atoms in total. The van der Waals surface area contributed by atoms with E-state index in [1.165, 1.54) is 19.3 Å². The monoisotopic (exact) mass is 184 g/mol. The number of carboxylic acids is 1.